The van der Waals surface area contributed by atoms with E-state index in [9.17, 15) is 19.8 Å². The molecule has 0 aliphatic heterocycles. The van der Waals surface area contributed by atoms with E-state index in [2.05, 4.69) is 43.5 Å². The predicted octanol–water partition coefficient (Wildman–Crippen LogP) is 23.9. The first-order chi connectivity index (χ1) is 40.0. The van der Waals surface area contributed by atoms with Gasteiger partial charge in [-0.05, 0) is 57.8 Å². The van der Waals surface area contributed by atoms with Crippen molar-refractivity contribution in [2.24, 2.45) is 0 Å². The normalized spacial score (nSPS) is 12.7. The van der Waals surface area contributed by atoms with Crippen LogP contribution >= 0.6 is 0 Å². The minimum absolute atomic E-state index is 0.00494. The number of rotatable bonds is 69. The maximum atomic E-state index is 12.5. The SMILES string of the molecule is CCCC/C=C\C/C=C\CCCCCCCC(=O)OCCCCCCCCCCCCCCCCCCCCCCCCCCCCCCCC(=O)NC(CO)C(O)/C=C/CCCCCCCCCCCCCCCCCCCCC. The molecule has 0 heterocycles. The average Bonchev–Trinajstić information content (AvgIpc) is 3.47. The highest BCUT2D eigenvalue weighted by molar-refractivity contribution is 5.76. The number of carbonyl (C=O) groups excluding carboxylic acids is 2. The van der Waals surface area contributed by atoms with Gasteiger partial charge in [0.25, 0.3) is 0 Å². The smallest absolute Gasteiger partial charge is 0.305 e. The van der Waals surface area contributed by atoms with Crippen molar-refractivity contribution in [3.05, 3.63) is 36.5 Å². The zero-order valence-electron chi connectivity index (χ0n) is 54.8. The van der Waals surface area contributed by atoms with E-state index in [4.69, 9.17) is 4.74 Å². The minimum Gasteiger partial charge on any atom is -0.466 e. The van der Waals surface area contributed by atoms with Gasteiger partial charge in [0, 0.05) is 12.8 Å². The fourth-order valence-electron chi connectivity index (χ4n) is 11.5. The lowest BCUT2D eigenvalue weighted by molar-refractivity contribution is -0.143. The van der Waals surface area contributed by atoms with E-state index in [1.165, 1.54) is 327 Å². The monoisotopic (exact) mass is 1140 g/mol. The van der Waals surface area contributed by atoms with Gasteiger partial charge in [-0.25, -0.2) is 0 Å². The number of ether oxygens (including phenoxy) is 1. The van der Waals surface area contributed by atoms with Gasteiger partial charge in [0.15, 0.2) is 0 Å². The lowest BCUT2D eigenvalue weighted by atomic mass is 10.0. The van der Waals surface area contributed by atoms with E-state index in [0.717, 1.165) is 51.4 Å². The Hall–Kier alpha value is -1.92. The molecule has 0 bridgehead atoms. The van der Waals surface area contributed by atoms with E-state index < -0.39 is 12.1 Å². The Labute approximate surface area is 506 Å². The Morgan fingerprint density at radius 1 is 0.346 bits per heavy atom. The molecule has 1 amide bonds. The molecule has 2 unspecified atom stereocenters. The topological polar surface area (TPSA) is 95.9 Å². The van der Waals surface area contributed by atoms with Gasteiger partial charge in [0.1, 0.15) is 0 Å². The Bertz CT molecular complexity index is 1310. The summed E-state index contributed by atoms with van der Waals surface area (Å²) in [6.45, 7) is 4.90. The van der Waals surface area contributed by atoms with Crippen molar-refractivity contribution in [3.63, 3.8) is 0 Å². The van der Waals surface area contributed by atoms with Gasteiger partial charge < -0.3 is 20.3 Å². The highest BCUT2D eigenvalue weighted by atomic mass is 16.5. The summed E-state index contributed by atoms with van der Waals surface area (Å²) in [5, 5.41) is 23.3. The third-order valence-electron chi connectivity index (χ3n) is 17.2. The quantitative estimate of drug-likeness (QED) is 0.0320. The molecule has 2 atom stereocenters. The second kappa shape index (κ2) is 70.6. The minimum atomic E-state index is -0.843. The zero-order valence-corrected chi connectivity index (χ0v) is 54.8. The zero-order chi connectivity index (χ0) is 58.5. The molecule has 0 radical (unpaired) electrons. The van der Waals surface area contributed by atoms with E-state index in [1.54, 1.807) is 6.08 Å². The molecule has 0 spiro atoms. The molecule has 0 aliphatic rings. The van der Waals surface area contributed by atoms with Crippen LogP contribution in [0.3, 0.4) is 0 Å². The van der Waals surface area contributed by atoms with E-state index >= 15 is 0 Å². The van der Waals surface area contributed by atoms with E-state index in [0.29, 0.717) is 19.4 Å². The summed E-state index contributed by atoms with van der Waals surface area (Å²) in [4.78, 5) is 24.6. The first-order valence-corrected chi connectivity index (χ1v) is 36.8. The molecule has 0 rings (SSSR count). The number of hydrogen-bond donors (Lipinski definition) is 3. The van der Waals surface area contributed by atoms with Crippen LogP contribution in [0.5, 0.6) is 0 Å². The Kier molecular flexibility index (Phi) is 68.9. The van der Waals surface area contributed by atoms with E-state index in [1.807, 2.05) is 6.08 Å². The number of unbranched alkanes of at least 4 members (excludes halogenated alkanes) is 54. The van der Waals surface area contributed by atoms with Crippen LogP contribution in [0, 0.1) is 0 Å². The first kappa shape index (κ1) is 79.1. The lowest BCUT2D eigenvalue weighted by Gasteiger charge is -2.20. The van der Waals surface area contributed by atoms with Crippen molar-refractivity contribution >= 4 is 11.9 Å². The summed E-state index contributed by atoms with van der Waals surface area (Å²) in [5.74, 6) is -0.0556. The van der Waals surface area contributed by atoms with Gasteiger partial charge in [0.2, 0.25) is 5.91 Å². The van der Waals surface area contributed by atoms with Crippen LogP contribution in [0.25, 0.3) is 0 Å². The van der Waals surface area contributed by atoms with Crippen LogP contribution in [0.4, 0.5) is 0 Å². The fourth-order valence-corrected chi connectivity index (χ4v) is 11.5. The maximum absolute atomic E-state index is 12.5. The number of amides is 1. The summed E-state index contributed by atoms with van der Waals surface area (Å²) in [5.41, 5.74) is 0. The molecule has 6 nitrogen and oxygen atoms in total. The molecule has 0 fully saturated rings. The maximum Gasteiger partial charge on any atom is 0.305 e. The molecule has 0 aliphatic carbocycles. The van der Waals surface area contributed by atoms with Gasteiger partial charge in [-0.2, -0.15) is 0 Å². The lowest BCUT2D eigenvalue weighted by Crippen LogP contribution is -2.45. The molecule has 0 aromatic heterocycles. The molecule has 0 aromatic rings. The van der Waals surface area contributed by atoms with Gasteiger partial charge in [-0.1, -0.05) is 371 Å². The molecule has 0 aromatic carbocycles. The Morgan fingerprint density at radius 3 is 0.975 bits per heavy atom. The summed E-state index contributed by atoms with van der Waals surface area (Å²) < 4.78 is 5.48. The van der Waals surface area contributed by atoms with Crippen molar-refractivity contribution in [2.45, 2.75) is 418 Å². The molecular weight excluding hydrogens is 995 g/mol. The molecule has 0 saturated heterocycles. The van der Waals surface area contributed by atoms with Gasteiger partial charge in [-0.15, -0.1) is 0 Å². The molecule has 6 heteroatoms. The summed E-state index contributed by atoms with van der Waals surface area (Å²) in [6.07, 6.45) is 90.9. The molecule has 478 valence electrons. The number of hydrogen-bond acceptors (Lipinski definition) is 5. The number of nitrogens with one attached hydrogen (secondary N) is 1. The van der Waals surface area contributed by atoms with Crippen molar-refractivity contribution in [2.75, 3.05) is 13.2 Å². The molecule has 3 N–H and O–H groups in total. The van der Waals surface area contributed by atoms with Crippen molar-refractivity contribution in [3.8, 4) is 0 Å². The van der Waals surface area contributed by atoms with Crippen molar-refractivity contribution < 1.29 is 24.5 Å². The highest BCUT2D eigenvalue weighted by Crippen LogP contribution is 2.19. The average molecular weight is 1140 g/mol. The predicted molar refractivity (Wildman–Crippen MR) is 356 cm³/mol. The van der Waals surface area contributed by atoms with Crippen LogP contribution in [-0.4, -0.2) is 47.4 Å². The summed E-state index contributed by atoms with van der Waals surface area (Å²) in [7, 11) is 0. The van der Waals surface area contributed by atoms with Crippen molar-refractivity contribution in [1.82, 2.24) is 5.32 Å². The van der Waals surface area contributed by atoms with Crippen LogP contribution in [-0.2, 0) is 14.3 Å². The van der Waals surface area contributed by atoms with E-state index in [-0.39, 0.29) is 18.5 Å². The molecule has 81 heavy (non-hydrogen) atoms. The third-order valence-corrected chi connectivity index (χ3v) is 17.2. The summed E-state index contributed by atoms with van der Waals surface area (Å²) >= 11 is 0. The molecular formula is C75H143NO5. The highest BCUT2D eigenvalue weighted by Gasteiger charge is 2.18. The third kappa shape index (κ3) is 67.1. The molecule has 0 saturated carbocycles. The van der Waals surface area contributed by atoms with Gasteiger partial charge in [0.05, 0.1) is 25.4 Å². The first-order valence-electron chi connectivity index (χ1n) is 36.8. The van der Waals surface area contributed by atoms with Crippen LogP contribution in [0.2, 0.25) is 0 Å². The summed E-state index contributed by atoms with van der Waals surface area (Å²) in [6, 6.07) is -0.626. The number of carbonyl (C=O) groups is 2. The van der Waals surface area contributed by atoms with Gasteiger partial charge in [-0.3, -0.25) is 9.59 Å². The Balaban J connectivity index is 3.37. The largest absolute Gasteiger partial charge is 0.466 e. The fraction of sp³-hybridized carbons (Fsp3) is 0.893. The standard InChI is InChI=1S/C75H143NO5/c1-3-5-7-9-11-13-15-17-19-20-21-31-34-37-40-43-47-51-55-59-63-67-73(78)72(71-77)76-74(79)68-64-60-56-52-48-44-41-38-35-32-29-27-25-23-22-24-26-28-30-33-36-39-42-46-50-54-58-62-66-70-81-75(80)69-65-61-57-53-49-45-18-16-14-12-10-8-6-4-2/h10,12,16,18,63,67,72-73,77-78H,3-9,11,13-15,17,19-62,64-66,68-71H2,1-2H3,(H,76,79)/b12-10-,18-16-,67-63+. The Morgan fingerprint density at radius 2 is 0.630 bits per heavy atom. The van der Waals surface area contributed by atoms with Crippen molar-refractivity contribution in [1.29, 1.82) is 0 Å². The van der Waals surface area contributed by atoms with Crippen LogP contribution in [0.15, 0.2) is 36.5 Å². The second-order valence-electron chi connectivity index (χ2n) is 25.3. The second-order valence-corrected chi connectivity index (χ2v) is 25.3. The number of aliphatic hydroxyl groups excluding tert-OH is 2. The number of aliphatic hydroxyl groups is 2. The number of esters is 1. The van der Waals surface area contributed by atoms with Crippen LogP contribution in [0.1, 0.15) is 406 Å². The van der Waals surface area contributed by atoms with Crippen LogP contribution < -0.4 is 5.32 Å². The number of allylic oxidation sites excluding steroid dienone is 5. The van der Waals surface area contributed by atoms with Gasteiger partial charge >= 0.3 is 5.97 Å².